The summed E-state index contributed by atoms with van der Waals surface area (Å²) in [5.41, 5.74) is 2.62. The Labute approximate surface area is 189 Å². The van der Waals surface area contributed by atoms with E-state index in [1.807, 2.05) is 6.07 Å². The third-order valence-corrected chi connectivity index (χ3v) is 9.57. The average molecular weight is 443 g/mol. The van der Waals surface area contributed by atoms with E-state index >= 15 is 0 Å². The van der Waals surface area contributed by atoms with E-state index in [4.69, 9.17) is 4.74 Å². The van der Waals surface area contributed by atoms with E-state index in [9.17, 15) is 20.1 Å². The molecular formula is C25H34N2O5. The lowest BCUT2D eigenvalue weighted by Gasteiger charge is -2.59. The zero-order chi connectivity index (χ0) is 22.3. The average Bonchev–Trinajstić information content (AvgIpc) is 3.36. The van der Waals surface area contributed by atoms with E-state index in [-0.39, 0.29) is 11.5 Å². The summed E-state index contributed by atoms with van der Waals surface area (Å²) < 4.78 is 6.01. The molecule has 4 aliphatic heterocycles. The summed E-state index contributed by atoms with van der Waals surface area (Å²) in [7, 11) is 0. The van der Waals surface area contributed by atoms with Crippen molar-refractivity contribution in [3.63, 3.8) is 0 Å². The molecule has 0 aromatic heterocycles. The lowest BCUT2D eigenvalue weighted by molar-refractivity contribution is -0.188. The second-order valence-electron chi connectivity index (χ2n) is 10.6. The van der Waals surface area contributed by atoms with Gasteiger partial charge in [0.1, 0.15) is 18.3 Å². The molecule has 1 spiro atoms. The Morgan fingerprint density at radius 1 is 1.16 bits per heavy atom. The number of hydrogen-bond acceptors (Lipinski definition) is 7. The molecule has 1 aromatic rings. The van der Waals surface area contributed by atoms with Crippen LogP contribution in [0.4, 0.5) is 5.69 Å². The fourth-order valence-corrected chi connectivity index (χ4v) is 8.32. The maximum absolute atomic E-state index is 12.3. The molecule has 0 bridgehead atoms. The maximum atomic E-state index is 12.3. The number of aliphatic hydroxyl groups is 3. The van der Waals surface area contributed by atoms with Crippen LogP contribution >= 0.6 is 0 Å². The summed E-state index contributed by atoms with van der Waals surface area (Å²) in [4.78, 5) is 17.2. The summed E-state index contributed by atoms with van der Waals surface area (Å²) in [6, 6.07) is 9.04. The van der Waals surface area contributed by atoms with Gasteiger partial charge in [0.05, 0.1) is 6.61 Å². The molecule has 4 fully saturated rings. The number of Topliss-reactive ketones (excluding diaryl/α,β-unsaturated/α-hetero) is 1. The predicted octanol–water partition coefficient (Wildman–Crippen LogP) is 1.18. The molecule has 0 radical (unpaired) electrons. The number of ketones is 1. The van der Waals surface area contributed by atoms with Crippen molar-refractivity contribution in [3.05, 3.63) is 29.8 Å². The highest BCUT2D eigenvalue weighted by Gasteiger charge is 2.69. The van der Waals surface area contributed by atoms with Crippen molar-refractivity contribution in [2.45, 2.75) is 87.5 Å². The van der Waals surface area contributed by atoms with Gasteiger partial charge < -0.3 is 25.0 Å². The second-order valence-corrected chi connectivity index (χ2v) is 10.6. The molecule has 6 rings (SSSR count). The van der Waals surface area contributed by atoms with Crippen LogP contribution in [0.25, 0.3) is 0 Å². The third-order valence-electron chi connectivity index (χ3n) is 9.57. The molecule has 7 heteroatoms. The monoisotopic (exact) mass is 442 g/mol. The third kappa shape index (κ3) is 2.46. The van der Waals surface area contributed by atoms with Gasteiger partial charge in [-0.15, -0.1) is 0 Å². The summed E-state index contributed by atoms with van der Waals surface area (Å²) in [5.74, 6) is -0.647. The number of anilines is 1. The summed E-state index contributed by atoms with van der Waals surface area (Å²) in [5, 5.41) is 31.2. The highest BCUT2D eigenvalue weighted by Crippen LogP contribution is 2.65. The predicted molar refractivity (Wildman–Crippen MR) is 118 cm³/mol. The van der Waals surface area contributed by atoms with Gasteiger partial charge in [-0.25, -0.2) is 0 Å². The van der Waals surface area contributed by atoms with Crippen molar-refractivity contribution >= 4 is 11.5 Å². The van der Waals surface area contributed by atoms with Crippen molar-refractivity contribution in [1.82, 2.24) is 4.90 Å². The molecule has 0 unspecified atom stereocenters. The Balaban J connectivity index is 1.49. The minimum atomic E-state index is -1.55. The minimum absolute atomic E-state index is 0.0462. The van der Waals surface area contributed by atoms with E-state index < -0.39 is 36.9 Å². The Kier molecular flexibility index (Phi) is 4.76. The van der Waals surface area contributed by atoms with Crippen LogP contribution in [0.2, 0.25) is 0 Å². The molecule has 1 saturated carbocycles. The van der Waals surface area contributed by atoms with Gasteiger partial charge in [-0.05, 0) is 68.7 Å². The molecule has 4 heterocycles. The van der Waals surface area contributed by atoms with Gasteiger partial charge in [-0.3, -0.25) is 9.69 Å². The van der Waals surface area contributed by atoms with Crippen LogP contribution in [0.15, 0.2) is 24.3 Å². The van der Waals surface area contributed by atoms with Crippen molar-refractivity contribution < 1.29 is 24.9 Å². The van der Waals surface area contributed by atoms with Crippen LogP contribution in [0.5, 0.6) is 0 Å². The van der Waals surface area contributed by atoms with Crippen LogP contribution in [0, 0.1) is 5.41 Å². The molecule has 5 aliphatic rings. The van der Waals surface area contributed by atoms with Crippen LogP contribution in [-0.2, 0) is 14.9 Å². The van der Waals surface area contributed by atoms with Gasteiger partial charge in [-0.1, -0.05) is 25.1 Å². The first kappa shape index (κ1) is 21.1. The number of carbonyl (C=O) groups is 1. The molecule has 32 heavy (non-hydrogen) atoms. The molecule has 0 amide bonds. The lowest BCUT2D eigenvalue weighted by Crippen LogP contribution is -2.68. The molecule has 174 valence electrons. The fraction of sp³-hybridized carbons (Fsp3) is 0.720. The second kappa shape index (κ2) is 7.24. The smallest absolute Gasteiger partial charge is 0.195 e. The van der Waals surface area contributed by atoms with Crippen molar-refractivity contribution in [1.29, 1.82) is 0 Å². The van der Waals surface area contributed by atoms with Crippen LogP contribution in [-0.4, -0.2) is 82.3 Å². The number of rotatable bonds is 3. The highest BCUT2D eigenvalue weighted by molar-refractivity contribution is 5.89. The molecule has 3 saturated heterocycles. The summed E-state index contributed by atoms with van der Waals surface area (Å²) in [6.45, 7) is 4.07. The van der Waals surface area contributed by atoms with Gasteiger partial charge >= 0.3 is 0 Å². The number of fused-ring (bicyclic) bond motifs is 1. The maximum Gasteiger partial charge on any atom is 0.195 e. The number of hydrogen-bond donors (Lipinski definition) is 3. The first-order valence-corrected chi connectivity index (χ1v) is 12.3. The van der Waals surface area contributed by atoms with Gasteiger partial charge in [0, 0.05) is 23.2 Å². The molecular weight excluding hydrogens is 408 g/mol. The number of para-hydroxylation sites is 1. The quantitative estimate of drug-likeness (QED) is 0.647. The zero-order valence-electron chi connectivity index (χ0n) is 18.7. The van der Waals surface area contributed by atoms with Gasteiger partial charge in [0.2, 0.25) is 0 Å². The molecule has 1 aliphatic carbocycles. The SMILES string of the molecule is CC[C@]12CCCN3CC[C@@]4(c5ccccc5N([C@H]5O[C@@H](CO)C(=O)[C@@H](O)[C@@H]5O)[C@H]4CC1)[C@@H]32. The Bertz CT molecular complexity index is 921. The van der Waals surface area contributed by atoms with Crippen molar-refractivity contribution in [2.24, 2.45) is 5.41 Å². The normalized spacial score (nSPS) is 45.5. The van der Waals surface area contributed by atoms with Gasteiger partial charge in [0.15, 0.2) is 12.0 Å². The fourth-order valence-electron chi connectivity index (χ4n) is 8.32. The number of benzene rings is 1. The number of nitrogens with zero attached hydrogens (tertiary/aromatic N) is 2. The largest absolute Gasteiger partial charge is 0.393 e. The van der Waals surface area contributed by atoms with E-state index in [0.717, 1.165) is 38.0 Å². The zero-order valence-corrected chi connectivity index (χ0v) is 18.7. The summed E-state index contributed by atoms with van der Waals surface area (Å²) >= 11 is 0. The Hall–Kier alpha value is -1.51. The first-order valence-electron chi connectivity index (χ1n) is 12.3. The van der Waals surface area contributed by atoms with Gasteiger partial charge in [-0.2, -0.15) is 0 Å². The van der Waals surface area contributed by atoms with E-state index in [0.29, 0.717) is 11.5 Å². The van der Waals surface area contributed by atoms with Crippen molar-refractivity contribution in [2.75, 3.05) is 24.6 Å². The topological polar surface area (TPSA) is 93.5 Å². The van der Waals surface area contributed by atoms with Crippen molar-refractivity contribution in [3.8, 4) is 0 Å². The van der Waals surface area contributed by atoms with E-state index in [2.05, 4.69) is 34.9 Å². The Morgan fingerprint density at radius 3 is 2.75 bits per heavy atom. The van der Waals surface area contributed by atoms with Crippen LogP contribution < -0.4 is 4.90 Å². The highest BCUT2D eigenvalue weighted by atomic mass is 16.5. The number of aliphatic hydroxyl groups excluding tert-OH is 3. The minimum Gasteiger partial charge on any atom is -0.393 e. The van der Waals surface area contributed by atoms with Crippen LogP contribution in [0.1, 0.15) is 51.0 Å². The van der Waals surface area contributed by atoms with Crippen LogP contribution in [0.3, 0.4) is 0 Å². The number of carbonyl (C=O) groups excluding carboxylic acids is 1. The number of ether oxygens (including phenoxy) is 1. The van der Waals surface area contributed by atoms with E-state index in [1.54, 1.807) is 0 Å². The molecule has 1 aromatic carbocycles. The van der Waals surface area contributed by atoms with E-state index in [1.165, 1.54) is 24.8 Å². The first-order chi connectivity index (χ1) is 15.5. The number of piperidine rings is 1. The molecule has 7 nitrogen and oxygen atoms in total. The summed E-state index contributed by atoms with van der Waals surface area (Å²) in [6.07, 6.45) is 2.02. The van der Waals surface area contributed by atoms with Gasteiger partial charge in [0.25, 0.3) is 0 Å². The standard InChI is InChI=1S/C25H34N2O5/c1-2-24-9-5-12-26-13-11-25(23(24)26)15-6-3-4-7-16(15)27(18(25)8-10-24)22-21(31)20(30)19(29)17(14-28)32-22/h3-4,6-7,17-18,20-23,28,30-31H,2,5,8-14H2,1H3/t17-,18-,20+,21-,22-,23-,24-,25-/m0/s1. The Morgan fingerprint density at radius 2 is 1.97 bits per heavy atom. The lowest BCUT2D eigenvalue weighted by atomic mass is 9.52. The molecule has 8 atom stereocenters. The molecule has 3 N–H and O–H groups in total.